The predicted octanol–water partition coefficient (Wildman–Crippen LogP) is 4.11. The molecule has 2 aromatic carbocycles. The summed E-state index contributed by atoms with van der Waals surface area (Å²) in [6.07, 6.45) is 0.278. The van der Waals surface area contributed by atoms with Crippen molar-refractivity contribution in [2.45, 2.75) is 19.4 Å². The SMILES string of the molecule is O=C(O)N1CCc2ccc(Cc3ccc(Cl)cc3F)cc2C1. The van der Waals surface area contributed by atoms with Crippen molar-refractivity contribution < 1.29 is 14.3 Å². The molecule has 1 aliphatic rings. The van der Waals surface area contributed by atoms with E-state index in [0.717, 1.165) is 23.1 Å². The average molecular weight is 320 g/mol. The minimum Gasteiger partial charge on any atom is -0.465 e. The molecule has 0 fully saturated rings. The second-order valence-electron chi connectivity index (χ2n) is 5.47. The summed E-state index contributed by atoms with van der Waals surface area (Å²) in [5.41, 5.74) is 3.71. The molecule has 0 saturated carbocycles. The molecule has 2 aromatic rings. The van der Waals surface area contributed by atoms with Crippen molar-refractivity contribution >= 4 is 17.7 Å². The van der Waals surface area contributed by atoms with Crippen LogP contribution < -0.4 is 0 Å². The van der Waals surface area contributed by atoms with Crippen LogP contribution in [0.25, 0.3) is 0 Å². The van der Waals surface area contributed by atoms with Crippen molar-refractivity contribution in [1.82, 2.24) is 4.90 Å². The maximum Gasteiger partial charge on any atom is 0.407 e. The van der Waals surface area contributed by atoms with E-state index in [2.05, 4.69) is 0 Å². The molecule has 0 aromatic heterocycles. The van der Waals surface area contributed by atoms with E-state index in [0.29, 0.717) is 30.1 Å². The number of hydrogen-bond donors (Lipinski definition) is 1. The molecule has 1 N–H and O–H groups in total. The third kappa shape index (κ3) is 3.07. The monoisotopic (exact) mass is 319 g/mol. The summed E-state index contributed by atoms with van der Waals surface area (Å²) in [5.74, 6) is -0.322. The fraction of sp³-hybridized carbons (Fsp3) is 0.235. The van der Waals surface area contributed by atoms with Gasteiger partial charge in [0.05, 0.1) is 0 Å². The first-order valence-electron chi connectivity index (χ1n) is 7.05. The average Bonchev–Trinajstić information content (AvgIpc) is 2.49. The Morgan fingerprint density at radius 1 is 1.23 bits per heavy atom. The van der Waals surface area contributed by atoms with Gasteiger partial charge >= 0.3 is 6.09 Å². The van der Waals surface area contributed by atoms with Crippen molar-refractivity contribution in [3.8, 4) is 0 Å². The summed E-state index contributed by atoms with van der Waals surface area (Å²) in [6, 6.07) is 10.6. The molecule has 0 bridgehead atoms. The minimum absolute atomic E-state index is 0.322. The largest absolute Gasteiger partial charge is 0.465 e. The lowest BCUT2D eigenvalue weighted by atomic mass is 9.95. The highest BCUT2D eigenvalue weighted by Crippen LogP contribution is 2.23. The first-order valence-corrected chi connectivity index (χ1v) is 7.43. The number of rotatable bonds is 2. The molecule has 114 valence electrons. The summed E-state index contributed by atoms with van der Waals surface area (Å²) >= 11 is 5.76. The minimum atomic E-state index is -0.903. The van der Waals surface area contributed by atoms with Gasteiger partial charge in [0.1, 0.15) is 5.82 Å². The zero-order valence-electron chi connectivity index (χ0n) is 11.9. The van der Waals surface area contributed by atoms with E-state index in [-0.39, 0.29) is 5.82 Å². The van der Waals surface area contributed by atoms with Crippen LogP contribution in [0.15, 0.2) is 36.4 Å². The summed E-state index contributed by atoms with van der Waals surface area (Å²) in [4.78, 5) is 12.5. The van der Waals surface area contributed by atoms with Gasteiger partial charge in [0.15, 0.2) is 0 Å². The van der Waals surface area contributed by atoms with Crippen LogP contribution in [0.3, 0.4) is 0 Å². The van der Waals surface area contributed by atoms with Crippen LogP contribution in [0.4, 0.5) is 9.18 Å². The molecular formula is C17H15ClFNO2. The molecular weight excluding hydrogens is 305 g/mol. The van der Waals surface area contributed by atoms with Gasteiger partial charge in [0.25, 0.3) is 0 Å². The van der Waals surface area contributed by atoms with E-state index in [1.165, 1.54) is 11.0 Å². The van der Waals surface area contributed by atoms with E-state index in [9.17, 15) is 9.18 Å². The van der Waals surface area contributed by atoms with Gasteiger partial charge in [-0.15, -0.1) is 0 Å². The number of benzene rings is 2. The van der Waals surface area contributed by atoms with Crippen LogP contribution in [-0.2, 0) is 19.4 Å². The molecule has 0 atom stereocenters. The zero-order valence-corrected chi connectivity index (χ0v) is 12.6. The Bertz CT molecular complexity index is 733. The Kier molecular flexibility index (Phi) is 4.03. The smallest absolute Gasteiger partial charge is 0.407 e. The third-order valence-corrected chi connectivity index (χ3v) is 4.20. The third-order valence-electron chi connectivity index (χ3n) is 3.96. The molecule has 1 aliphatic heterocycles. The highest BCUT2D eigenvalue weighted by Gasteiger charge is 2.20. The highest BCUT2D eigenvalue weighted by atomic mass is 35.5. The topological polar surface area (TPSA) is 40.5 Å². The number of carbonyl (C=O) groups is 1. The van der Waals surface area contributed by atoms with Crippen LogP contribution in [0.2, 0.25) is 5.02 Å². The lowest BCUT2D eigenvalue weighted by Gasteiger charge is -2.26. The summed E-state index contributed by atoms with van der Waals surface area (Å²) < 4.78 is 13.9. The van der Waals surface area contributed by atoms with E-state index >= 15 is 0 Å². The Balaban J connectivity index is 1.84. The Morgan fingerprint density at radius 2 is 2.05 bits per heavy atom. The molecule has 0 unspecified atom stereocenters. The van der Waals surface area contributed by atoms with Crippen LogP contribution in [0, 0.1) is 5.82 Å². The van der Waals surface area contributed by atoms with Crippen LogP contribution in [0.1, 0.15) is 22.3 Å². The second-order valence-corrected chi connectivity index (χ2v) is 5.91. The molecule has 1 heterocycles. The van der Waals surface area contributed by atoms with E-state index in [1.54, 1.807) is 12.1 Å². The van der Waals surface area contributed by atoms with Crippen molar-refractivity contribution in [1.29, 1.82) is 0 Å². The number of hydrogen-bond acceptors (Lipinski definition) is 1. The van der Waals surface area contributed by atoms with Gasteiger partial charge in [-0.05, 0) is 40.8 Å². The fourth-order valence-electron chi connectivity index (χ4n) is 2.77. The van der Waals surface area contributed by atoms with Gasteiger partial charge in [-0.25, -0.2) is 9.18 Å². The molecule has 5 heteroatoms. The number of halogens is 2. The van der Waals surface area contributed by atoms with Crippen molar-refractivity contribution in [3.05, 3.63) is 69.5 Å². The lowest BCUT2D eigenvalue weighted by Crippen LogP contribution is -2.34. The van der Waals surface area contributed by atoms with Gasteiger partial charge in [0, 0.05) is 24.5 Å². The predicted molar refractivity (Wildman–Crippen MR) is 82.8 cm³/mol. The summed E-state index contributed by atoms with van der Waals surface area (Å²) in [5, 5.41) is 9.47. The maximum atomic E-state index is 13.9. The van der Waals surface area contributed by atoms with Gasteiger partial charge < -0.3 is 10.0 Å². The van der Waals surface area contributed by atoms with Crippen LogP contribution in [-0.4, -0.2) is 22.6 Å². The molecule has 1 amide bonds. The number of carboxylic acid groups (broad SMARTS) is 1. The van der Waals surface area contributed by atoms with Gasteiger partial charge in [0.2, 0.25) is 0 Å². The highest BCUT2D eigenvalue weighted by molar-refractivity contribution is 6.30. The number of amides is 1. The Morgan fingerprint density at radius 3 is 2.77 bits per heavy atom. The van der Waals surface area contributed by atoms with Crippen molar-refractivity contribution in [2.24, 2.45) is 0 Å². The lowest BCUT2D eigenvalue weighted by molar-refractivity contribution is 0.140. The van der Waals surface area contributed by atoms with E-state index < -0.39 is 6.09 Å². The van der Waals surface area contributed by atoms with Crippen LogP contribution in [0.5, 0.6) is 0 Å². The van der Waals surface area contributed by atoms with Gasteiger partial charge in [-0.1, -0.05) is 35.9 Å². The first-order chi connectivity index (χ1) is 10.5. The Labute approximate surface area is 132 Å². The van der Waals surface area contributed by atoms with Gasteiger partial charge in [-0.3, -0.25) is 0 Å². The molecule has 22 heavy (non-hydrogen) atoms. The quantitative estimate of drug-likeness (QED) is 0.905. The molecule has 3 nitrogen and oxygen atoms in total. The van der Waals surface area contributed by atoms with E-state index in [4.69, 9.17) is 16.7 Å². The Hall–Kier alpha value is -2.07. The van der Waals surface area contributed by atoms with Crippen LogP contribution >= 0.6 is 11.6 Å². The normalized spacial score (nSPS) is 13.8. The molecule has 0 aliphatic carbocycles. The summed E-state index contributed by atoms with van der Waals surface area (Å²) in [7, 11) is 0. The fourth-order valence-corrected chi connectivity index (χ4v) is 2.93. The second kappa shape index (κ2) is 5.97. The number of nitrogens with zero attached hydrogens (tertiary/aromatic N) is 1. The standard InChI is InChI=1S/C17H15ClFNO2/c18-15-4-3-13(16(19)9-15)7-11-1-2-12-5-6-20(17(21)22)10-14(12)8-11/h1-4,8-9H,5-7,10H2,(H,21,22). The molecule has 3 rings (SSSR count). The molecule has 0 saturated heterocycles. The zero-order chi connectivity index (χ0) is 15.7. The van der Waals surface area contributed by atoms with Crippen molar-refractivity contribution in [2.75, 3.05) is 6.54 Å². The van der Waals surface area contributed by atoms with E-state index in [1.807, 2.05) is 18.2 Å². The molecule has 0 radical (unpaired) electrons. The maximum absolute atomic E-state index is 13.9. The number of fused-ring (bicyclic) bond motifs is 1. The first kappa shape index (κ1) is 14.9. The van der Waals surface area contributed by atoms with Crippen molar-refractivity contribution in [3.63, 3.8) is 0 Å². The summed E-state index contributed by atoms with van der Waals surface area (Å²) in [6.45, 7) is 0.912. The van der Waals surface area contributed by atoms with Gasteiger partial charge in [-0.2, -0.15) is 0 Å². The molecule has 0 spiro atoms.